The summed E-state index contributed by atoms with van der Waals surface area (Å²) in [5.41, 5.74) is 1.68. The minimum Gasteiger partial charge on any atom is -0.353 e. The quantitative estimate of drug-likeness (QED) is 0.698. The summed E-state index contributed by atoms with van der Waals surface area (Å²) in [6, 6.07) is 5.29. The lowest BCUT2D eigenvalue weighted by Crippen LogP contribution is -2.47. The molecule has 7 nitrogen and oxygen atoms in total. The molecule has 1 N–H and O–H groups in total. The first kappa shape index (κ1) is 23.2. The normalized spacial score (nSPS) is 25.2. The Balaban J connectivity index is 1.46. The monoisotopic (exact) mass is 461 g/mol. The minimum absolute atomic E-state index is 0.00308. The zero-order chi connectivity index (χ0) is 22.9. The Morgan fingerprint density at radius 1 is 1.03 bits per heavy atom. The van der Waals surface area contributed by atoms with E-state index in [1.54, 1.807) is 23.1 Å². The van der Waals surface area contributed by atoms with Gasteiger partial charge in [-0.2, -0.15) is 4.31 Å². The summed E-state index contributed by atoms with van der Waals surface area (Å²) in [5.74, 6) is -0.341. The number of piperidine rings is 1. The SMILES string of the molecule is CC(=O)N1c2ccc(S(=O)(=O)N3CCC[C@@H](C(=O)NC4CCCCCC4)C3)cc2C[C@@H]1C. The highest BCUT2D eigenvalue weighted by atomic mass is 32.2. The number of fused-ring (bicyclic) bond motifs is 1. The molecule has 1 aromatic rings. The van der Waals surface area contributed by atoms with Gasteiger partial charge in [-0.05, 0) is 62.8 Å². The van der Waals surface area contributed by atoms with Gasteiger partial charge in [0.25, 0.3) is 0 Å². The van der Waals surface area contributed by atoms with Gasteiger partial charge in [-0.3, -0.25) is 9.59 Å². The molecule has 4 rings (SSSR count). The number of rotatable bonds is 4. The summed E-state index contributed by atoms with van der Waals surface area (Å²) in [6.07, 6.45) is 8.84. The molecule has 2 aliphatic heterocycles. The lowest BCUT2D eigenvalue weighted by molar-refractivity contribution is -0.127. The van der Waals surface area contributed by atoms with Crippen LogP contribution in [-0.2, 0) is 26.0 Å². The predicted octanol–water partition coefficient (Wildman–Crippen LogP) is 3.22. The van der Waals surface area contributed by atoms with Crippen molar-refractivity contribution in [1.82, 2.24) is 9.62 Å². The molecule has 176 valence electrons. The van der Waals surface area contributed by atoms with Gasteiger partial charge in [-0.25, -0.2) is 8.42 Å². The van der Waals surface area contributed by atoms with E-state index < -0.39 is 10.0 Å². The maximum Gasteiger partial charge on any atom is 0.243 e. The van der Waals surface area contributed by atoms with Crippen molar-refractivity contribution in [2.75, 3.05) is 18.0 Å². The number of benzene rings is 1. The Labute approximate surface area is 191 Å². The van der Waals surface area contributed by atoms with Gasteiger partial charge in [-0.1, -0.05) is 25.7 Å². The van der Waals surface area contributed by atoms with Gasteiger partial charge >= 0.3 is 0 Å². The number of hydrogen-bond donors (Lipinski definition) is 1. The molecule has 32 heavy (non-hydrogen) atoms. The zero-order valence-corrected chi connectivity index (χ0v) is 20.0. The molecule has 2 atom stereocenters. The standard InChI is InChI=1S/C24H35N3O4S/c1-17-14-20-15-22(11-12-23(20)27(17)18(2)28)32(30,31)26-13-7-8-19(16-26)24(29)25-21-9-5-3-4-6-10-21/h11-12,15,17,19,21H,3-10,13-14,16H2,1-2H3,(H,25,29)/t17-,19+/m0/s1. The zero-order valence-electron chi connectivity index (χ0n) is 19.2. The first-order chi connectivity index (χ1) is 15.3. The molecule has 2 heterocycles. The molecule has 0 aromatic heterocycles. The molecule has 2 fully saturated rings. The van der Waals surface area contributed by atoms with Crippen LogP contribution in [0.3, 0.4) is 0 Å². The summed E-state index contributed by atoms with van der Waals surface area (Å²) in [6.45, 7) is 4.17. The molecule has 1 saturated carbocycles. The fraction of sp³-hybridized carbons (Fsp3) is 0.667. The van der Waals surface area contributed by atoms with E-state index in [9.17, 15) is 18.0 Å². The topological polar surface area (TPSA) is 86.8 Å². The average Bonchev–Trinajstić information content (AvgIpc) is 2.91. The van der Waals surface area contributed by atoms with E-state index in [4.69, 9.17) is 0 Å². The number of carbonyl (C=O) groups is 2. The van der Waals surface area contributed by atoms with E-state index >= 15 is 0 Å². The minimum atomic E-state index is -3.69. The van der Waals surface area contributed by atoms with E-state index in [-0.39, 0.29) is 41.3 Å². The van der Waals surface area contributed by atoms with Gasteiger partial charge in [-0.15, -0.1) is 0 Å². The van der Waals surface area contributed by atoms with E-state index in [2.05, 4.69) is 5.32 Å². The molecule has 0 bridgehead atoms. The average molecular weight is 462 g/mol. The molecule has 1 aliphatic carbocycles. The van der Waals surface area contributed by atoms with Crippen molar-refractivity contribution >= 4 is 27.5 Å². The van der Waals surface area contributed by atoms with Gasteiger partial charge < -0.3 is 10.2 Å². The van der Waals surface area contributed by atoms with Crippen LogP contribution < -0.4 is 10.2 Å². The highest BCUT2D eigenvalue weighted by Gasteiger charge is 2.36. The first-order valence-electron chi connectivity index (χ1n) is 12.0. The second-order valence-electron chi connectivity index (χ2n) is 9.63. The van der Waals surface area contributed by atoms with Crippen LogP contribution >= 0.6 is 0 Å². The van der Waals surface area contributed by atoms with Crippen LogP contribution in [0.15, 0.2) is 23.1 Å². The number of anilines is 1. The van der Waals surface area contributed by atoms with E-state index in [0.717, 1.165) is 43.4 Å². The van der Waals surface area contributed by atoms with Crippen LogP contribution in [0.1, 0.15) is 70.8 Å². The number of amides is 2. The molecule has 1 saturated heterocycles. The molecule has 2 amide bonds. The summed E-state index contributed by atoms with van der Waals surface area (Å²) in [5, 5.41) is 3.20. The number of carbonyl (C=O) groups excluding carboxylic acids is 2. The third kappa shape index (κ3) is 4.71. The van der Waals surface area contributed by atoms with Crippen LogP contribution in [0.4, 0.5) is 5.69 Å². The van der Waals surface area contributed by atoms with Crippen LogP contribution in [-0.4, -0.2) is 49.7 Å². The molecule has 0 unspecified atom stereocenters. The Hall–Kier alpha value is -1.93. The van der Waals surface area contributed by atoms with E-state index in [1.807, 2.05) is 6.92 Å². The van der Waals surface area contributed by atoms with Crippen molar-refractivity contribution in [3.63, 3.8) is 0 Å². The number of nitrogens with one attached hydrogen (secondary N) is 1. The van der Waals surface area contributed by atoms with Crippen LogP contribution in [0, 0.1) is 5.92 Å². The second-order valence-corrected chi connectivity index (χ2v) is 11.6. The maximum absolute atomic E-state index is 13.4. The fourth-order valence-electron chi connectivity index (χ4n) is 5.51. The fourth-order valence-corrected chi connectivity index (χ4v) is 7.09. The Kier molecular flexibility index (Phi) is 6.91. The van der Waals surface area contributed by atoms with E-state index in [1.165, 1.54) is 24.1 Å². The third-order valence-corrected chi connectivity index (χ3v) is 9.06. The lowest BCUT2D eigenvalue weighted by Gasteiger charge is -2.32. The number of hydrogen-bond acceptors (Lipinski definition) is 4. The molecular formula is C24H35N3O4S. The van der Waals surface area contributed by atoms with Gasteiger partial charge in [0.2, 0.25) is 21.8 Å². The lowest BCUT2D eigenvalue weighted by atomic mass is 9.97. The molecule has 1 aromatic carbocycles. The Morgan fingerprint density at radius 3 is 2.44 bits per heavy atom. The molecule has 0 spiro atoms. The van der Waals surface area contributed by atoms with Gasteiger partial charge in [0, 0.05) is 37.8 Å². The van der Waals surface area contributed by atoms with Crippen molar-refractivity contribution in [2.24, 2.45) is 5.92 Å². The number of nitrogens with zero attached hydrogens (tertiary/aromatic N) is 2. The number of sulfonamides is 1. The largest absolute Gasteiger partial charge is 0.353 e. The summed E-state index contributed by atoms with van der Waals surface area (Å²) in [7, 11) is -3.69. The summed E-state index contributed by atoms with van der Waals surface area (Å²) in [4.78, 5) is 26.9. The van der Waals surface area contributed by atoms with Gasteiger partial charge in [0.1, 0.15) is 0 Å². The van der Waals surface area contributed by atoms with Crippen molar-refractivity contribution < 1.29 is 18.0 Å². The van der Waals surface area contributed by atoms with Crippen LogP contribution in [0.25, 0.3) is 0 Å². The van der Waals surface area contributed by atoms with Crippen LogP contribution in [0.2, 0.25) is 0 Å². The van der Waals surface area contributed by atoms with Crippen LogP contribution in [0.5, 0.6) is 0 Å². The van der Waals surface area contributed by atoms with Crippen molar-refractivity contribution in [3.8, 4) is 0 Å². The third-order valence-electron chi connectivity index (χ3n) is 7.20. The summed E-state index contributed by atoms with van der Waals surface area (Å²) < 4.78 is 28.3. The molecular weight excluding hydrogens is 426 g/mol. The van der Waals surface area contributed by atoms with Crippen molar-refractivity contribution in [1.29, 1.82) is 0 Å². The highest BCUT2D eigenvalue weighted by Crippen LogP contribution is 2.35. The predicted molar refractivity (Wildman–Crippen MR) is 124 cm³/mol. The smallest absolute Gasteiger partial charge is 0.243 e. The van der Waals surface area contributed by atoms with E-state index in [0.29, 0.717) is 19.4 Å². The van der Waals surface area contributed by atoms with Crippen molar-refractivity contribution in [3.05, 3.63) is 23.8 Å². The second kappa shape index (κ2) is 9.51. The van der Waals surface area contributed by atoms with Crippen molar-refractivity contribution in [2.45, 2.75) is 88.6 Å². The van der Waals surface area contributed by atoms with Gasteiger partial charge in [0.15, 0.2) is 0 Å². The summed E-state index contributed by atoms with van der Waals surface area (Å²) >= 11 is 0. The Morgan fingerprint density at radius 2 is 1.75 bits per heavy atom. The first-order valence-corrected chi connectivity index (χ1v) is 13.4. The van der Waals surface area contributed by atoms with Gasteiger partial charge in [0.05, 0.1) is 10.8 Å². The molecule has 8 heteroatoms. The maximum atomic E-state index is 13.4. The Bertz CT molecular complexity index is 969. The highest BCUT2D eigenvalue weighted by molar-refractivity contribution is 7.89. The molecule has 0 radical (unpaired) electrons. The molecule has 3 aliphatic rings.